The summed E-state index contributed by atoms with van der Waals surface area (Å²) in [5, 5.41) is 3.69. The van der Waals surface area contributed by atoms with Crippen LogP contribution in [0.3, 0.4) is 0 Å². The van der Waals surface area contributed by atoms with Gasteiger partial charge < -0.3 is 14.8 Å². The van der Waals surface area contributed by atoms with Crippen molar-refractivity contribution < 1.29 is 19.1 Å². The Morgan fingerprint density at radius 2 is 1.73 bits per heavy atom. The van der Waals surface area contributed by atoms with Gasteiger partial charge in [0.05, 0.1) is 29.9 Å². The number of amides is 2. The highest BCUT2D eigenvalue weighted by Gasteiger charge is 2.15. The molecule has 3 N–H and O–H groups in total. The fourth-order valence-electron chi connectivity index (χ4n) is 2.55. The van der Waals surface area contributed by atoms with Gasteiger partial charge in [-0.3, -0.25) is 20.4 Å². The summed E-state index contributed by atoms with van der Waals surface area (Å²) in [5.74, 6) is 0.694. The summed E-state index contributed by atoms with van der Waals surface area (Å²) in [5.41, 5.74) is 5.68. The third kappa shape index (κ3) is 6.08. The normalized spacial score (nSPS) is 11.5. The van der Waals surface area contributed by atoms with Gasteiger partial charge in [-0.05, 0) is 50.2 Å². The summed E-state index contributed by atoms with van der Waals surface area (Å²) in [7, 11) is 0. The van der Waals surface area contributed by atoms with Gasteiger partial charge in [-0.1, -0.05) is 23.5 Å². The van der Waals surface area contributed by atoms with Crippen LogP contribution in [0.4, 0.5) is 5.13 Å². The van der Waals surface area contributed by atoms with Crippen molar-refractivity contribution in [3.8, 4) is 11.5 Å². The molecule has 0 unspecified atom stereocenters. The minimum Gasteiger partial charge on any atom is -0.494 e. The van der Waals surface area contributed by atoms with E-state index in [9.17, 15) is 9.59 Å². The lowest BCUT2D eigenvalue weighted by molar-refractivity contribution is -0.129. The minimum absolute atomic E-state index is 0.104. The van der Waals surface area contributed by atoms with Crippen molar-refractivity contribution in [3.05, 3.63) is 48.5 Å². The topological polar surface area (TPSA) is 102 Å². The molecule has 0 bridgehead atoms. The van der Waals surface area contributed by atoms with Gasteiger partial charge in [-0.2, -0.15) is 0 Å². The minimum atomic E-state index is -0.564. The number of hydrogen-bond acceptors (Lipinski definition) is 7. The van der Waals surface area contributed by atoms with Crippen molar-refractivity contribution in [2.24, 2.45) is 0 Å². The van der Waals surface area contributed by atoms with E-state index < -0.39 is 6.04 Å². The van der Waals surface area contributed by atoms with E-state index >= 15 is 0 Å². The van der Waals surface area contributed by atoms with E-state index in [-0.39, 0.29) is 24.8 Å². The molecule has 3 aromatic rings. The maximum absolute atomic E-state index is 12.2. The number of nitrogens with one attached hydrogen (secondary N) is 3. The van der Waals surface area contributed by atoms with Gasteiger partial charge in [-0.25, -0.2) is 4.98 Å². The predicted octanol–water partition coefficient (Wildman–Crippen LogP) is 3.11. The molecule has 158 valence electrons. The highest BCUT2D eigenvalue weighted by Crippen LogP contribution is 2.25. The lowest BCUT2D eigenvalue weighted by atomic mass is 10.3. The number of para-hydroxylation sites is 1. The van der Waals surface area contributed by atoms with E-state index in [1.54, 1.807) is 31.2 Å². The van der Waals surface area contributed by atoms with E-state index in [1.807, 2.05) is 31.2 Å². The molecular weight excluding hydrogens is 404 g/mol. The molecule has 0 saturated carbocycles. The number of hydrazine groups is 1. The van der Waals surface area contributed by atoms with Crippen LogP contribution in [0.5, 0.6) is 11.5 Å². The van der Waals surface area contributed by atoms with Gasteiger partial charge in [0, 0.05) is 0 Å². The number of anilines is 1. The summed E-state index contributed by atoms with van der Waals surface area (Å²) in [6, 6.07) is 14.3. The zero-order valence-corrected chi connectivity index (χ0v) is 17.6. The maximum atomic E-state index is 12.2. The monoisotopic (exact) mass is 428 g/mol. The first-order chi connectivity index (χ1) is 14.5. The Labute approximate surface area is 178 Å². The molecule has 0 saturated heterocycles. The van der Waals surface area contributed by atoms with Crippen LogP contribution in [0.15, 0.2) is 48.5 Å². The summed E-state index contributed by atoms with van der Waals surface area (Å²) in [4.78, 5) is 28.5. The van der Waals surface area contributed by atoms with Crippen molar-refractivity contribution in [1.82, 2.24) is 15.8 Å². The third-order valence-corrected chi connectivity index (χ3v) is 5.05. The molecule has 1 aromatic heterocycles. The van der Waals surface area contributed by atoms with Crippen LogP contribution in [0, 0.1) is 0 Å². The summed E-state index contributed by atoms with van der Waals surface area (Å²) in [6.45, 7) is 4.40. The molecule has 0 fully saturated rings. The van der Waals surface area contributed by atoms with Crippen LogP contribution in [-0.4, -0.2) is 36.1 Å². The standard InChI is InChI=1S/C21H24N4O4S/c1-3-28-15-8-10-16(11-9-15)29-13-12-19(26)24-25-20(27)14(2)22-21-23-17-6-4-5-7-18(17)30-21/h4-11,14H,3,12-13H2,1-2H3,(H,22,23)(H,24,26)(H,25,27)/t14-/m1/s1. The molecule has 0 spiro atoms. The average molecular weight is 429 g/mol. The van der Waals surface area contributed by atoms with Crippen LogP contribution >= 0.6 is 11.3 Å². The van der Waals surface area contributed by atoms with Crippen LogP contribution in [-0.2, 0) is 9.59 Å². The Balaban J connectivity index is 1.36. The van der Waals surface area contributed by atoms with Crippen LogP contribution < -0.4 is 25.6 Å². The van der Waals surface area contributed by atoms with E-state index in [1.165, 1.54) is 11.3 Å². The molecule has 0 radical (unpaired) electrons. The molecule has 2 amide bonds. The van der Waals surface area contributed by atoms with Crippen molar-refractivity contribution in [3.63, 3.8) is 0 Å². The van der Waals surface area contributed by atoms with Gasteiger partial charge in [0.2, 0.25) is 5.91 Å². The number of thiazole rings is 1. The smallest absolute Gasteiger partial charge is 0.260 e. The Bertz CT molecular complexity index is 957. The van der Waals surface area contributed by atoms with Crippen LogP contribution in [0.1, 0.15) is 20.3 Å². The molecule has 1 heterocycles. The average Bonchev–Trinajstić information content (AvgIpc) is 3.15. The van der Waals surface area contributed by atoms with Crippen molar-refractivity contribution in [2.75, 3.05) is 18.5 Å². The second-order valence-corrected chi connectivity index (χ2v) is 7.42. The fourth-order valence-corrected chi connectivity index (χ4v) is 3.50. The quantitative estimate of drug-likeness (QED) is 0.453. The Morgan fingerprint density at radius 1 is 1.03 bits per heavy atom. The molecule has 1 atom stereocenters. The van der Waals surface area contributed by atoms with Crippen LogP contribution in [0.2, 0.25) is 0 Å². The number of carbonyl (C=O) groups excluding carboxylic acids is 2. The number of carbonyl (C=O) groups is 2. The zero-order chi connectivity index (χ0) is 21.3. The number of fused-ring (bicyclic) bond motifs is 1. The van der Waals surface area contributed by atoms with Gasteiger partial charge >= 0.3 is 0 Å². The van der Waals surface area contributed by atoms with Gasteiger partial charge in [0.15, 0.2) is 5.13 Å². The molecule has 3 rings (SSSR count). The predicted molar refractivity (Wildman–Crippen MR) is 117 cm³/mol. The van der Waals surface area contributed by atoms with Crippen LogP contribution in [0.25, 0.3) is 10.2 Å². The number of benzene rings is 2. The zero-order valence-electron chi connectivity index (χ0n) is 16.8. The largest absolute Gasteiger partial charge is 0.494 e. The molecule has 0 aliphatic heterocycles. The van der Waals surface area contributed by atoms with E-state index in [0.717, 1.165) is 16.0 Å². The number of hydrogen-bond donors (Lipinski definition) is 3. The molecule has 0 aliphatic rings. The van der Waals surface area contributed by atoms with E-state index in [4.69, 9.17) is 9.47 Å². The molecule has 9 heteroatoms. The fraction of sp³-hybridized carbons (Fsp3) is 0.286. The van der Waals surface area contributed by atoms with Gasteiger partial charge in [-0.15, -0.1) is 0 Å². The number of aromatic nitrogens is 1. The van der Waals surface area contributed by atoms with Crippen molar-refractivity contribution >= 4 is 38.5 Å². The molecule has 2 aromatic carbocycles. The molecular formula is C21H24N4O4S. The summed E-state index contributed by atoms with van der Waals surface area (Å²) >= 11 is 1.47. The van der Waals surface area contributed by atoms with Crippen molar-refractivity contribution in [2.45, 2.75) is 26.3 Å². The maximum Gasteiger partial charge on any atom is 0.260 e. The molecule has 30 heavy (non-hydrogen) atoms. The highest BCUT2D eigenvalue weighted by atomic mass is 32.1. The lowest BCUT2D eigenvalue weighted by Gasteiger charge is -2.14. The molecule has 8 nitrogen and oxygen atoms in total. The number of nitrogens with zero attached hydrogens (tertiary/aromatic N) is 1. The first kappa shape index (κ1) is 21.4. The lowest BCUT2D eigenvalue weighted by Crippen LogP contribution is -2.47. The Hall–Kier alpha value is -3.33. The summed E-state index contributed by atoms with van der Waals surface area (Å²) in [6.07, 6.45) is 0.104. The SMILES string of the molecule is CCOc1ccc(OCCC(=O)NNC(=O)[C@@H](C)Nc2nc3ccccc3s2)cc1. The highest BCUT2D eigenvalue weighted by molar-refractivity contribution is 7.22. The first-order valence-corrected chi connectivity index (χ1v) is 10.4. The van der Waals surface area contributed by atoms with E-state index in [2.05, 4.69) is 21.2 Å². The second kappa shape index (κ2) is 10.4. The van der Waals surface area contributed by atoms with Gasteiger partial charge in [0.1, 0.15) is 17.5 Å². The Morgan fingerprint density at radius 3 is 2.43 bits per heavy atom. The Kier molecular flexibility index (Phi) is 7.45. The molecule has 0 aliphatic carbocycles. The third-order valence-electron chi connectivity index (χ3n) is 4.08. The first-order valence-electron chi connectivity index (χ1n) is 9.61. The number of rotatable bonds is 9. The second-order valence-electron chi connectivity index (χ2n) is 6.39. The number of ether oxygens (including phenoxy) is 2. The summed E-state index contributed by atoms with van der Waals surface area (Å²) < 4.78 is 11.9. The van der Waals surface area contributed by atoms with E-state index in [0.29, 0.717) is 17.5 Å². The van der Waals surface area contributed by atoms with Crippen molar-refractivity contribution in [1.29, 1.82) is 0 Å². The van der Waals surface area contributed by atoms with Gasteiger partial charge in [0.25, 0.3) is 5.91 Å².